The largest absolute Gasteiger partial charge is 0.319 e. The molecular formula is C15H22BrFN2. The monoisotopic (exact) mass is 328 g/mol. The van der Waals surface area contributed by atoms with E-state index in [1.807, 2.05) is 13.1 Å². The predicted molar refractivity (Wildman–Crippen MR) is 80.6 cm³/mol. The van der Waals surface area contributed by atoms with E-state index in [1.165, 1.54) is 25.3 Å². The number of nitrogens with one attached hydrogen (secondary N) is 1. The maximum absolute atomic E-state index is 13.7. The van der Waals surface area contributed by atoms with E-state index >= 15 is 0 Å². The molecule has 1 aliphatic carbocycles. The lowest BCUT2D eigenvalue weighted by Gasteiger charge is -2.44. The third-order valence-electron chi connectivity index (χ3n) is 4.02. The zero-order valence-electron chi connectivity index (χ0n) is 11.7. The predicted octanol–water partition coefficient (Wildman–Crippen LogP) is 3.41. The molecule has 1 aliphatic rings. The number of hydrogen-bond acceptors (Lipinski definition) is 2. The highest BCUT2D eigenvalue weighted by atomic mass is 79.9. The van der Waals surface area contributed by atoms with Gasteiger partial charge in [0.2, 0.25) is 0 Å². The second-order valence-corrected chi connectivity index (χ2v) is 6.71. The first-order valence-corrected chi connectivity index (χ1v) is 7.61. The van der Waals surface area contributed by atoms with E-state index < -0.39 is 0 Å². The Bertz CT molecular complexity index is 432. The van der Waals surface area contributed by atoms with Crippen LogP contribution in [0.5, 0.6) is 0 Å². The molecule has 1 N–H and O–H groups in total. The van der Waals surface area contributed by atoms with E-state index in [4.69, 9.17) is 0 Å². The van der Waals surface area contributed by atoms with Crippen LogP contribution in [-0.4, -0.2) is 32.1 Å². The van der Waals surface area contributed by atoms with Crippen molar-refractivity contribution in [2.24, 2.45) is 5.41 Å². The topological polar surface area (TPSA) is 15.3 Å². The van der Waals surface area contributed by atoms with E-state index in [-0.39, 0.29) is 5.82 Å². The second kappa shape index (κ2) is 6.33. The zero-order chi connectivity index (χ0) is 13.9. The fourth-order valence-corrected chi connectivity index (χ4v) is 3.43. The maximum Gasteiger partial charge on any atom is 0.127 e. The van der Waals surface area contributed by atoms with Crippen molar-refractivity contribution in [3.63, 3.8) is 0 Å². The van der Waals surface area contributed by atoms with Crippen LogP contribution in [0.2, 0.25) is 0 Å². The first kappa shape index (κ1) is 14.9. The normalized spacial score (nSPS) is 17.5. The average molecular weight is 329 g/mol. The minimum Gasteiger partial charge on any atom is -0.319 e. The summed E-state index contributed by atoms with van der Waals surface area (Å²) >= 11 is 3.40. The van der Waals surface area contributed by atoms with Gasteiger partial charge in [-0.3, -0.25) is 0 Å². The lowest BCUT2D eigenvalue weighted by molar-refractivity contribution is 0.0763. The summed E-state index contributed by atoms with van der Waals surface area (Å²) in [6, 6.07) is 5.14. The molecule has 1 aromatic rings. The Balaban J connectivity index is 1.97. The van der Waals surface area contributed by atoms with Gasteiger partial charge in [-0.25, -0.2) is 4.39 Å². The molecule has 0 heterocycles. The number of hydrogen-bond donors (Lipinski definition) is 1. The van der Waals surface area contributed by atoms with Crippen LogP contribution in [0.25, 0.3) is 0 Å². The molecule has 106 valence electrons. The van der Waals surface area contributed by atoms with Gasteiger partial charge in [-0.1, -0.05) is 22.4 Å². The maximum atomic E-state index is 13.7. The molecule has 4 heteroatoms. The second-order valence-electron chi connectivity index (χ2n) is 5.79. The summed E-state index contributed by atoms with van der Waals surface area (Å²) < 4.78 is 14.7. The summed E-state index contributed by atoms with van der Waals surface area (Å²) in [6.45, 7) is 2.74. The number of halogens is 2. The van der Waals surface area contributed by atoms with E-state index in [0.29, 0.717) is 12.0 Å². The van der Waals surface area contributed by atoms with E-state index in [1.54, 1.807) is 6.07 Å². The molecule has 19 heavy (non-hydrogen) atoms. The number of rotatable bonds is 6. The highest BCUT2D eigenvalue weighted by molar-refractivity contribution is 9.10. The van der Waals surface area contributed by atoms with Crippen LogP contribution in [0.1, 0.15) is 24.8 Å². The summed E-state index contributed by atoms with van der Waals surface area (Å²) in [7, 11) is 4.09. The Morgan fingerprint density at radius 1 is 1.42 bits per heavy atom. The highest BCUT2D eigenvalue weighted by Gasteiger charge is 2.37. The van der Waals surface area contributed by atoms with Crippen molar-refractivity contribution in [2.75, 3.05) is 27.2 Å². The standard InChI is InChI=1S/C15H22BrFN2/c1-18-10-15(6-3-7-15)11-19(2)9-12-8-13(16)4-5-14(12)17/h4-5,8,18H,3,6-7,9-11H2,1-2H3. The Hall–Kier alpha value is -0.450. The number of nitrogens with zero attached hydrogens (tertiary/aromatic N) is 1. The quantitative estimate of drug-likeness (QED) is 0.860. The van der Waals surface area contributed by atoms with Crippen LogP contribution < -0.4 is 5.32 Å². The van der Waals surface area contributed by atoms with Crippen LogP contribution >= 0.6 is 15.9 Å². The van der Waals surface area contributed by atoms with E-state index in [0.717, 1.165) is 23.1 Å². The molecule has 1 saturated carbocycles. The average Bonchev–Trinajstić information content (AvgIpc) is 2.31. The Morgan fingerprint density at radius 2 is 2.16 bits per heavy atom. The Morgan fingerprint density at radius 3 is 2.74 bits per heavy atom. The van der Waals surface area contributed by atoms with Gasteiger partial charge in [-0.15, -0.1) is 0 Å². The molecule has 0 aromatic heterocycles. The molecule has 1 fully saturated rings. The molecule has 0 spiro atoms. The summed E-state index contributed by atoms with van der Waals surface area (Å²) in [5.74, 6) is -0.119. The molecule has 1 aromatic carbocycles. The van der Waals surface area contributed by atoms with E-state index in [9.17, 15) is 4.39 Å². The van der Waals surface area contributed by atoms with Gasteiger partial charge >= 0.3 is 0 Å². The summed E-state index contributed by atoms with van der Waals surface area (Å²) in [5, 5.41) is 3.29. The van der Waals surface area contributed by atoms with Crippen LogP contribution in [0.15, 0.2) is 22.7 Å². The fraction of sp³-hybridized carbons (Fsp3) is 0.600. The van der Waals surface area contributed by atoms with Crippen molar-refractivity contribution in [3.8, 4) is 0 Å². The van der Waals surface area contributed by atoms with Crippen LogP contribution in [0, 0.1) is 11.2 Å². The number of benzene rings is 1. The van der Waals surface area contributed by atoms with Gasteiger partial charge in [-0.2, -0.15) is 0 Å². The van der Waals surface area contributed by atoms with Gasteiger partial charge in [0.25, 0.3) is 0 Å². The zero-order valence-corrected chi connectivity index (χ0v) is 13.3. The van der Waals surface area contributed by atoms with E-state index in [2.05, 4.69) is 33.2 Å². The van der Waals surface area contributed by atoms with Crippen molar-refractivity contribution < 1.29 is 4.39 Å². The van der Waals surface area contributed by atoms with Crippen molar-refractivity contribution in [1.82, 2.24) is 10.2 Å². The molecule has 0 saturated heterocycles. The Kier molecular flexibility index (Phi) is 4.98. The molecule has 0 bridgehead atoms. The molecule has 0 radical (unpaired) electrons. The van der Waals surface area contributed by atoms with Gasteiger partial charge in [0.1, 0.15) is 5.82 Å². The van der Waals surface area contributed by atoms with Gasteiger partial charge in [-0.05, 0) is 50.6 Å². The minimum atomic E-state index is -0.119. The van der Waals surface area contributed by atoms with Crippen molar-refractivity contribution >= 4 is 15.9 Å². The Labute approximate surface area is 123 Å². The fourth-order valence-electron chi connectivity index (χ4n) is 3.03. The lowest BCUT2D eigenvalue weighted by atomic mass is 9.68. The SMILES string of the molecule is CNCC1(CN(C)Cc2cc(Br)ccc2F)CCC1. The summed E-state index contributed by atoms with van der Waals surface area (Å²) in [5.41, 5.74) is 1.15. The lowest BCUT2D eigenvalue weighted by Crippen LogP contribution is -2.46. The summed E-state index contributed by atoms with van der Waals surface area (Å²) in [4.78, 5) is 2.24. The minimum absolute atomic E-state index is 0.119. The van der Waals surface area contributed by atoms with Gasteiger partial charge in [0.05, 0.1) is 0 Å². The van der Waals surface area contributed by atoms with Crippen LogP contribution in [-0.2, 0) is 6.54 Å². The molecule has 2 rings (SSSR count). The summed E-state index contributed by atoms with van der Waals surface area (Å²) in [6.07, 6.45) is 3.87. The molecular weight excluding hydrogens is 307 g/mol. The molecule has 0 aliphatic heterocycles. The van der Waals surface area contributed by atoms with Crippen LogP contribution in [0.4, 0.5) is 4.39 Å². The molecule has 0 amide bonds. The van der Waals surface area contributed by atoms with Crippen molar-refractivity contribution in [2.45, 2.75) is 25.8 Å². The van der Waals surface area contributed by atoms with Gasteiger partial charge in [0, 0.05) is 29.7 Å². The molecule has 0 unspecified atom stereocenters. The van der Waals surface area contributed by atoms with Crippen LogP contribution in [0.3, 0.4) is 0 Å². The van der Waals surface area contributed by atoms with Gasteiger partial charge < -0.3 is 10.2 Å². The third-order valence-corrected chi connectivity index (χ3v) is 4.51. The van der Waals surface area contributed by atoms with Gasteiger partial charge in [0.15, 0.2) is 0 Å². The first-order chi connectivity index (χ1) is 9.04. The first-order valence-electron chi connectivity index (χ1n) is 6.82. The smallest absolute Gasteiger partial charge is 0.127 e. The third kappa shape index (κ3) is 3.77. The van der Waals surface area contributed by atoms with Crippen molar-refractivity contribution in [3.05, 3.63) is 34.1 Å². The molecule has 0 atom stereocenters. The highest BCUT2D eigenvalue weighted by Crippen LogP contribution is 2.41. The van der Waals surface area contributed by atoms with Crippen molar-refractivity contribution in [1.29, 1.82) is 0 Å². The molecule has 2 nitrogen and oxygen atoms in total.